The number of nitro benzene ring substituents is 1. The third kappa shape index (κ3) is 3.55. The lowest BCUT2D eigenvalue weighted by molar-refractivity contribution is -0.384. The molecule has 1 unspecified atom stereocenters. The summed E-state index contributed by atoms with van der Waals surface area (Å²) < 4.78 is 5.63. The Bertz CT molecular complexity index is 1080. The van der Waals surface area contributed by atoms with Crippen LogP contribution in [0.2, 0.25) is 0 Å². The standard InChI is InChI=1S/C19H21N3O5/c1-10(19(2,3)4)21-16-15(17(23)18(16)24)20-9-13-8-11-7-12(22(25)26)5-6-14(11)27-13/h5-8,10,20-21H,9H2,1-4H3. The number of fused-ring (bicyclic) bond motifs is 1. The van der Waals surface area contributed by atoms with Crippen molar-refractivity contribution in [2.45, 2.75) is 40.3 Å². The zero-order valence-electron chi connectivity index (χ0n) is 15.6. The summed E-state index contributed by atoms with van der Waals surface area (Å²) in [5, 5.41) is 17.5. The second-order valence-corrected chi connectivity index (χ2v) is 7.69. The van der Waals surface area contributed by atoms with Crippen molar-refractivity contribution in [2.75, 3.05) is 10.6 Å². The normalized spacial score (nSPS) is 13.0. The van der Waals surface area contributed by atoms with Gasteiger partial charge in [0.1, 0.15) is 22.7 Å². The quantitative estimate of drug-likeness (QED) is 0.388. The predicted molar refractivity (Wildman–Crippen MR) is 104 cm³/mol. The molecule has 0 saturated heterocycles. The van der Waals surface area contributed by atoms with Gasteiger partial charge in [0.15, 0.2) is 0 Å². The lowest BCUT2D eigenvalue weighted by Crippen LogP contribution is -2.41. The van der Waals surface area contributed by atoms with Gasteiger partial charge in [-0.25, -0.2) is 0 Å². The summed E-state index contributed by atoms with van der Waals surface area (Å²) in [6.07, 6.45) is 0. The van der Waals surface area contributed by atoms with E-state index in [-0.39, 0.29) is 35.1 Å². The van der Waals surface area contributed by atoms with E-state index in [0.717, 1.165) is 0 Å². The maximum Gasteiger partial charge on any atom is 0.270 e. The second kappa shape index (κ2) is 6.53. The molecule has 0 bridgehead atoms. The predicted octanol–water partition coefficient (Wildman–Crippen LogP) is 3.40. The number of nitrogens with zero attached hydrogens (tertiary/aromatic N) is 1. The average molecular weight is 371 g/mol. The lowest BCUT2D eigenvalue weighted by atomic mass is 9.87. The molecule has 3 rings (SSSR count). The Labute approximate surface area is 155 Å². The van der Waals surface area contributed by atoms with Crippen LogP contribution in [0.4, 0.5) is 17.1 Å². The molecule has 0 fully saturated rings. The molecule has 0 aliphatic carbocycles. The zero-order chi connectivity index (χ0) is 19.9. The number of anilines is 2. The van der Waals surface area contributed by atoms with E-state index >= 15 is 0 Å². The van der Waals surface area contributed by atoms with Crippen LogP contribution in [-0.4, -0.2) is 11.0 Å². The van der Waals surface area contributed by atoms with Gasteiger partial charge in [-0.15, -0.1) is 0 Å². The monoisotopic (exact) mass is 371 g/mol. The van der Waals surface area contributed by atoms with E-state index < -0.39 is 15.8 Å². The van der Waals surface area contributed by atoms with Crippen molar-refractivity contribution < 1.29 is 9.34 Å². The van der Waals surface area contributed by atoms with Crippen molar-refractivity contribution in [3.63, 3.8) is 0 Å². The van der Waals surface area contributed by atoms with Gasteiger partial charge in [0, 0.05) is 23.6 Å². The SMILES string of the molecule is CC(Nc1c(NCc2cc3cc([N+](=O)[O-])ccc3o2)c(=O)c1=O)C(C)(C)C. The fraction of sp³-hybridized carbons (Fsp3) is 0.368. The van der Waals surface area contributed by atoms with Gasteiger partial charge >= 0.3 is 0 Å². The highest BCUT2D eigenvalue weighted by molar-refractivity contribution is 5.80. The van der Waals surface area contributed by atoms with E-state index in [1.807, 2.05) is 27.7 Å². The maximum absolute atomic E-state index is 11.9. The first-order valence-corrected chi connectivity index (χ1v) is 8.58. The molecule has 0 aliphatic rings. The maximum atomic E-state index is 11.9. The number of furan rings is 1. The van der Waals surface area contributed by atoms with Crippen molar-refractivity contribution in [1.82, 2.24) is 0 Å². The Morgan fingerprint density at radius 3 is 2.44 bits per heavy atom. The first-order chi connectivity index (χ1) is 12.6. The van der Waals surface area contributed by atoms with Crippen LogP contribution in [0.15, 0.2) is 38.3 Å². The van der Waals surface area contributed by atoms with E-state index in [0.29, 0.717) is 16.7 Å². The Balaban J connectivity index is 1.77. The van der Waals surface area contributed by atoms with Gasteiger partial charge < -0.3 is 15.1 Å². The summed E-state index contributed by atoms with van der Waals surface area (Å²) in [5.41, 5.74) is -0.157. The second-order valence-electron chi connectivity index (χ2n) is 7.69. The third-order valence-electron chi connectivity index (χ3n) is 4.77. The van der Waals surface area contributed by atoms with Gasteiger partial charge in [0.25, 0.3) is 16.5 Å². The molecular formula is C19H21N3O5. The van der Waals surface area contributed by atoms with Gasteiger partial charge in [-0.1, -0.05) is 20.8 Å². The summed E-state index contributed by atoms with van der Waals surface area (Å²) in [4.78, 5) is 34.2. The molecule has 0 spiro atoms. The van der Waals surface area contributed by atoms with Gasteiger partial charge in [-0.2, -0.15) is 0 Å². The average Bonchev–Trinajstić information content (AvgIpc) is 3.01. The molecule has 8 nitrogen and oxygen atoms in total. The molecule has 0 amide bonds. The minimum atomic E-state index is -0.564. The molecule has 0 aliphatic heterocycles. The Morgan fingerprint density at radius 1 is 1.15 bits per heavy atom. The first kappa shape index (κ1) is 18.6. The summed E-state index contributed by atoms with van der Waals surface area (Å²) in [7, 11) is 0. The van der Waals surface area contributed by atoms with Crippen molar-refractivity contribution >= 4 is 28.0 Å². The number of hydrogen-bond acceptors (Lipinski definition) is 7. The molecule has 27 heavy (non-hydrogen) atoms. The molecule has 0 radical (unpaired) electrons. The Morgan fingerprint density at radius 2 is 1.81 bits per heavy atom. The fourth-order valence-corrected chi connectivity index (χ4v) is 2.59. The smallest absolute Gasteiger partial charge is 0.270 e. The van der Waals surface area contributed by atoms with E-state index in [2.05, 4.69) is 10.6 Å². The summed E-state index contributed by atoms with van der Waals surface area (Å²) in [6, 6.07) is 6.00. The highest BCUT2D eigenvalue weighted by Gasteiger charge is 2.26. The number of non-ortho nitro benzene ring substituents is 1. The molecule has 8 heteroatoms. The van der Waals surface area contributed by atoms with Crippen LogP contribution in [0, 0.1) is 15.5 Å². The molecule has 0 saturated carbocycles. The van der Waals surface area contributed by atoms with Crippen molar-refractivity contribution in [2.24, 2.45) is 5.41 Å². The molecule has 142 valence electrons. The van der Waals surface area contributed by atoms with Crippen LogP contribution < -0.4 is 21.5 Å². The number of nitro groups is 1. The van der Waals surface area contributed by atoms with Crippen molar-refractivity contribution in [1.29, 1.82) is 0 Å². The molecule has 1 atom stereocenters. The van der Waals surface area contributed by atoms with Gasteiger partial charge in [0.05, 0.1) is 11.5 Å². The zero-order valence-corrected chi connectivity index (χ0v) is 15.6. The Kier molecular flexibility index (Phi) is 4.51. The number of benzene rings is 1. The number of rotatable bonds is 6. The van der Waals surface area contributed by atoms with Gasteiger partial charge in [-0.3, -0.25) is 19.7 Å². The molecular weight excluding hydrogens is 350 g/mol. The van der Waals surface area contributed by atoms with E-state index in [1.165, 1.54) is 18.2 Å². The molecule has 2 aromatic carbocycles. The minimum Gasteiger partial charge on any atom is -0.459 e. The lowest BCUT2D eigenvalue weighted by Gasteiger charge is -2.30. The van der Waals surface area contributed by atoms with Gasteiger partial charge in [0.2, 0.25) is 0 Å². The highest BCUT2D eigenvalue weighted by Crippen LogP contribution is 2.27. The van der Waals surface area contributed by atoms with Crippen LogP contribution in [0.3, 0.4) is 0 Å². The molecule has 1 heterocycles. The van der Waals surface area contributed by atoms with E-state index in [9.17, 15) is 19.7 Å². The minimum absolute atomic E-state index is 0.00639. The number of nitrogens with one attached hydrogen (secondary N) is 2. The summed E-state index contributed by atoms with van der Waals surface area (Å²) in [5.74, 6) is 0.508. The first-order valence-electron chi connectivity index (χ1n) is 8.58. The van der Waals surface area contributed by atoms with E-state index in [1.54, 1.807) is 6.07 Å². The number of hydrogen-bond donors (Lipinski definition) is 2. The van der Waals surface area contributed by atoms with Crippen LogP contribution in [-0.2, 0) is 6.54 Å². The fourth-order valence-electron chi connectivity index (χ4n) is 2.59. The van der Waals surface area contributed by atoms with Crippen LogP contribution in [0.5, 0.6) is 0 Å². The van der Waals surface area contributed by atoms with E-state index in [4.69, 9.17) is 4.42 Å². The van der Waals surface area contributed by atoms with Crippen LogP contribution in [0.1, 0.15) is 33.5 Å². The summed E-state index contributed by atoms with van der Waals surface area (Å²) >= 11 is 0. The Hall–Kier alpha value is -3.16. The van der Waals surface area contributed by atoms with Crippen molar-refractivity contribution in [3.8, 4) is 0 Å². The van der Waals surface area contributed by atoms with Crippen LogP contribution >= 0.6 is 0 Å². The highest BCUT2D eigenvalue weighted by atomic mass is 16.6. The largest absolute Gasteiger partial charge is 0.459 e. The molecule has 2 N–H and O–H groups in total. The molecule has 1 aromatic heterocycles. The summed E-state index contributed by atoms with van der Waals surface area (Å²) in [6.45, 7) is 8.25. The third-order valence-corrected chi connectivity index (χ3v) is 4.77. The van der Waals surface area contributed by atoms with Crippen LogP contribution in [0.25, 0.3) is 11.0 Å². The topological polar surface area (TPSA) is 114 Å². The van der Waals surface area contributed by atoms with Gasteiger partial charge in [-0.05, 0) is 24.5 Å². The van der Waals surface area contributed by atoms with Crippen molar-refractivity contribution in [3.05, 3.63) is 60.6 Å². The molecule has 3 aromatic rings.